The molecule has 0 saturated carbocycles. The summed E-state index contributed by atoms with van der Waals surface area (Å²) in [6.45, 7) is 2.85. The molecule has 2 aromatic carbocycles. The predicted molar refractivity (Wildman–Crippen MR) is 115 cm³/mol. The molecule has 1 amide bonds. The minimum atomic E-state index is -3.46. The lowest BCUT2D eigenvalue weighted by Gasteiger charge is -2.26. The van der Waals surface area contributed by atoms with Gasteiger partial charge in [-0.25, -0.2) is 8.42 Å². The highest BCUT2D eigenvalue weighted by Crippen LogP contribution is 2.29. The zero-order valence-electron chi connectivity index (χ0n) is 17.3. The molecule has 4 rings (SSSR count). The predicted octanol–water partition coefficient (Wildman–Crippen LogP) is 3.35. The van der Waals surface area contributed by atoms with Crippen LogP contribution in [0.3, 0.4) is 0 Å². The van der Waals surface area contributed by atoms with Crippen molar-refractivity contribution in [3.05, 3.63) is 59.2 Å². The number of amides is 1. The van der Waals surface area contributed by atoms with Crippen LogP contribution < -0.4 is 10.1 Å². The number of benzene rings is 2. The Morgan fingerprint density at radius 3 is 2.67 bits per heavy atom. The SMILES string of the molecule is Cc1cc(S(=O)(=O)N2CCCC2)ccc1OCC(=O)NC1CCCc2ccccc21. The molecule has 1 heterocycles. The Bertz CT molecular complexity index is 1030. The van der Waals surface area contributed by atoms with Gasteiger partial charge in [0.2, 0.25) is 10.0 Å². The van der Waals surface area contributed by atoms with E-state index in [1.165, 1.54) is 15.4 Å². The minimum absolute atomic E-state index is 0.0140. The number of nitrogens with zero attached hydrogens (tertiary/aromatic N) is 1. The van der Waals surface area contributed by atoms with Gasteiger partial charge in [-0.05, 0) is 73.9 Å². The molecule has 7 heteroatoms. The second kappa shape index (κ2) is 8.78. The van der Waals surface area contributed by atoms with Crippen molar-refractivity contribution < 1.29 is 17.9 Å². The number of carbonyl (C=O) groups excluding carboxylic acids is 1. The first-order valence-corrected chi connectivity index (χ1v) is 12.0. The Labute approximate surface area is 178 Å². The van der Waals surface area contributed by atoms with E-state index in [4.69, 9.17) is 4.74 Å². The number of fused-ring (bicyclic) bond motifs is 1. The molecule has 2 aliphatic rings. The molecule has 1 aliphatic heterocycles. The highest BCUT2D eigenvalue weighted by atomic mass is 32.2. The molecule has 0 radical (unpaired) electrons. The van der Waals surface area contributed by atoms with Crippen LogP contribution in [-0.2, 0) is 21.2 Å². The van der Waals surface area contributed by atoms with Crippen molar-refractivity contribution in [2.24, 2.45) is 0 Å². The quantitative estimate of drug-likeness (QED) is 0.766. The summed E-state index contributed by atoms with van der Waals surface area (Å²) in [5.41, 5.74) is 3.18. The molecule has 1 saturated heterocycles. The third-order valence-electron chi connectivity index (χ3n) is 5.91. The smallest absolute Gasteiger partial charge is 0.258 e. The van der Waals surface area contributed by atoms with Gasteiger partial charge in [0.15, 0.2) is 6.61 Å². The molecular formula is C23H28N2O4S. The standard InChI is InChI=1S/C23H28N2O4S/c1-17-15-19(30(27,28)25-13-4-5-14-25)11-12-22(17)29-16-23(26)24-21-10-6-8-18-7-2-3-9-20(18)21/h2-3,7,9,11-12,15,21H,4-6,8,10,13-14,16H2,1H3,(H,24,26). The Morgan fingerprint density at radius 2 is 1.90 bits per heavy atom. The summed E-state index contributed by atoms with van der Waals surface area (Å²) >= 11 is 0. The number of hydrogen-bond acceptors (Lipinski definition) is 4. The molecule has 1 fully saturated rings. The number of aryl methyl sites for hydroxylation is 2. The fourth-order valence-corrected chi connectivity index (χ4v) is 5.91. The van der Waals surface area contributed by atoms with Gasteiger partial charge in [0.1, 0.15) is 5.75 Å². The van der Waals surface area contributed by atoms with Gasteiger partial charge in [-0.1, -0.05) is 24.3 Å². The third kappa shape index (κ3) is 4.37. The Kier molecular flexibility index (Phi) is 6.11. The van der Waals surface area contributed by atoms with Crippen LogP contribution >= 0.6 is 0 Å². The van der Waals surface area contributed by atoms with E-state index in [1.807, 2.05) is 12.1 Å². The Morgan fingerprint density at radius 1 is 1.13 bits per heavy atom. The van der Waals surface area contributed by atoms with Crippen molar-refractivity contribution in [3.63, 3.8) is 0 Å². The van der Waals surface area contributed by atoms with Crippen LogP contribution in [0.2, 0.25) is 0 Å². The van der Waals surface area contributed by atoms with E-state index in [0.29, 0.717) is 24.4 Å². The summed E-state index contributed by atoms with van der Waals surface area (Å²) in [7, 11) is -3.46. The lowest BCUT2D eigenvalue weighted by Crippen LogP contribution is -2.34. The first-order chi connectivity index (χ1) is 14.4. The maximum absolute atomic E-state index is 12.7. The van der Waals surface area contributed by atoms with Gasteiger partial charge < -0.3 is 10.1 Å². The third-order valence-corrected chi connectivity index (χ3v) is 7.81. The summed E-state index contributed by atoms with van der Waals surface area (Å²) in [5, 5.41) is 3.07. The summed E-state index contributed by atoms with van der Waals surface area (Å²) in [6.07, 6.45) is 4.82. The number of rotatable bonds is 6. The molecule has 1 unspecified atom stereocenters. The molecule has 1 N–H and O–H groups in total. The molecule has 6 nitrogen and oxygen atoms in total. The second-order valence-corrected chi connectivity index (χ2v) is 9.98. The highest BCUT2D eigenvalue weighted by Gasteiger charge is 2.27. The van der Waals surface area contributed by atoms with Crippen LogP contribution in [0.4, 0.5) is 0 Å². The lowest BCUT2D eigenvalue weighted by atomic mass is 9.88. The van der Waals surface area contributed by atoms with Crippen molar-refractivity contribution >= 4 is 15.9 Å². The molecule has 0 spiro atoms. The molecule has 30 heavy (non-hydrogen) atoms. The highest BCUT2D eigenvalue weighted by molar-refractivity contribution is 7.89. The van der Waals surface area contributed by atoms with E-state index in [-0.39, 0.29) is 23.5 Å². The summed E-state index contributed by atoms with van der Waals surface area (Å²) in [4.78, 5) is 12.7. The molecule has 0 aromatic heterocycles. The topological polar surface area (TPSA) is 75.7 Å². The van der Waals surface area contributed by atoms with Gasteiger partial charge in [0.25, 0.3) is 5.91 Å². The first kappa shape index (κ1) is 20.9. The van der Waals surface area contributed by atoms with E-state index in [2.05, 4.69) is 17.4 Å². The summed E-state index contributed by atoms with van der Waals surface area (Å²) < 4.78 is 32.6. The van der Waals surface area contributed by atoms with Gasteiger partial charge in [-0.2, -0.15) is 4.31 Å². The van der Waals surface area contributed by atoms with Crippen LogP contribution in [0.1, 0.15) is 48.4 Å². The van der Waals surface area contributed by atoms with Crippen molar-refractivity contribution in [2.75, 3.05) is 19.7 Å². The van der Waals surface area contributed by atoms with E-state index in [1.54, 1.807) is 25.1 Å². The van der Waals surface area contributed by atoms with E-state index in [9.17, 15) is 13.2 Å². The maximum Gasteiger partial charge on any atom is 0.258 e. The molecule has 1 aliphatic carbocycles. The van der Waals surface area contributed by atoms with Crippen LogP contribution in [0.25, 0.3) is 0 Å². The van der Waals surface area contributed by atoms with Gasteiger partial charge in [0, 0.05) is 13.1 Å². The number of carbonyl (C=O) groups is 1. The maximum atomic E-state index is 12.7. The van der Waals surface area contributed by atoms with Crippen molar-refractivity contribution in [2.45, 2.75) is 50.0 Å². The van der Waals surface area contributed by atoms with Gasteiger partial charge in [-0.15, -0.1) is 0 Å². The van der Waals surface area contributed by atoms with Crippen LogP contribution in [0.15, 0.2) is 47.4 Å². The monoisotopic (exact) mass is 428 g/mol. The van der Waals surface area contributed by atoms with Gasteiger partial charge in [-0.3, -0.25) is 4.79 Å². The zero-order chi connectivity index (χ0) is 21.1. The van der Waals surface area contributed by atoms with E-state index < -0.39 is 10.0 Å². The largest absolute Gasteiger partial charge is 0.484 e. The van der Waals surface area contributed by atoms with Crippen molar-refractivity contribution in [3.8, 4) is 5.75 Å². The molecule has 1 atom stereocenters. The van der Waals surface area contributed by atoms with Gasteiger partial charge in [0.05, 0.1) is 10.9 Å². The number of nitrogens with one attached hydrogen (secondary N) is 1. The second-order valence-electron chi connectivity index (χ2n) is 8.04. The molecule has 0 bridgehead atoms. The van der Waals surface area contributed by atoms with E-state index in [0.717, 1.165) is 32.1 Å². The molecule has 2 aromatic rings. The number of sulfonamides is 1. The van der Waals surface area contributed by atoms with Crippen molar-refractivity contribution in [1.82, 2.24) is 9.62 Å². The van der Waals surface area contributed by atoms with Crippen LogP contribution in [0.5, 0.6) is 5.75 Å². The zero-order valence-corrected chi connectivity index (χ0v) is 18.1. The first-order valence-electron chi connectivity index (χ1n) is 10.6. The molecule has 160 valence electrons. The van der Waals surface area contributed by atoms with Crippen molar-refractivity contribution in [1.29, 1.82) is 0 Å². The van der Waals surface area contributed by atoms with Crippen LogP contribution in [0, 0.1) is 6.92 Å². The number of ether oxygens (including phenoxy) is 1. The summed E-state index contributed by atoms with van der Waals surface area (Å²) in [5.74, 6) is 0.347. The fourth-order valence-electron chi connectivity index (χ4n) is 4.31. The minimum Gasteiger partial charge on any atom is -0.484 e. The molecular weight excluding hydrogens is 400 g/mol. The van der Waals surface area contributed by atoms with Gasteiger partial charge >= 0.3 is 0 Å². The average molecular weight is 429 g/mol. The Hall–Kier alpha value is -2.38. The normalized spacial score (nSPS) is 19.3. The number of hydrogen-bond donors (Lipinski definition) is 1. The van der Waals surface area contributed by atoms with Crippen LogP contribution in [-0.4, -0.2) is 38.3 Å². The van der Waals surface area contributed by atoms with E-state index >= 15 is 0 Å². The average Bonchev–Trinajstić information content (AvgIpc) is 3.29. The summed E-state index contributed by atoms with van der Waals surface area (Å²) in [6, 6.07) is 13.1. The fraction of sp³-hybridized carbons (Fsp3) is 0.435. The Balaban J connectivity index is 1.38. The lowest BCUT2D eigenvalue weighted by molar-refractivity contribution is -0.124.